The number of oxime groups is 1. The second-order valence-electron chi connectivity index (χ2n) is 5.68. The molecule has 3 N–H and O–H groups in total. The van der Waals surface area contributed by atoms with E-state index < -0.39 is 11.6 Å². The summed E-state index contributed by atoms with van der Waals surface area (Å²) >= 11 is 0. The molecule has 7 heteroatoms. The van der Waals surface area contributed by atoms with Crippen LogP contribution in [0.5, 0.6) is 0 Å². The van der Waals surface area contributed by atoms with Crippen molar-refractivity contribution in [3.05, 3.63) is 47.2 Å². The van der Waals surface area contributed by atoms with E-state index in [0.717, 1.165) is 18.4 Å². The normalized spacial score (nSPS) is 13.1. The molecule has 1 unspecified atom stereocenters. The van der Waals surface area contributed by atoms with Gasteiger partial charge in [-0.25, -0.2) is 8.78 Å². The fourth-order valence-electron chi connectivity index (χ4n) is 2.74. The molecule has 0 aliphatic rings. The number of hydrogen-bond donors (Lipinski definition) is 2. The Balaban J connectivity index is 2.41. The van der Waals surface area contributed by atoms with Gasteiger partial charge in [0.1, 0.15) is 17.5 Å². The number of nitrogens with zero attached hydrogens (tertiary/aromatic N) is 3. The molecular weight excluding hydrogens is 314 g/mol. The molecule has 0 aliphatic carbocycles. The molecule has 0 saturated heterocycles. The first kappa shape index (κ1) is 17.8. The van der Waals surface area contributed by atoms with Crippen LogP contribution in [0.1, 0.15) is 43.4 Å². The highest BCUT2D eigenvalue weighted by molar-refractivity contribution is 5.80. The van der Waals surface area contributed by atoms with Crippen LogP contribution in [0.15, 0.2) is 29.4 Å². The molecule has 0 aliphatic heterocycles. The average Bonchev–Trinajstić information content (AvgIpc) is 2.54. The second-order valence-corrected chi connectivity index (χ2v) is 5.68. The summed E-state index contributed by atoms with van der Waals surface area (Å²) in [6, 6.07) is 5.28. The van der Waals surface area contributed by atoms with Crippen LogP contribution in [-0.2, 0) is 0 Å². The second kappa shape index (κ2) is 7.81. The van der Waals surface area contributed by atoms with Gasteiger partial charge in [-0.1, -0.05) is 24.6 Å². The molecule has 0 spiro atoms. The summed E-state index contributed by atoms with van der Waals surface area (Å²) in [5.41, 5.74) is 7.00. The lowest BCUT2D eigenvalue weighted by Crippen LogP contribution is -2.18. The molecule has 1 heterocycles. The fraction of sp³-hybridized carbons (Fsp3) is 0.353. The number of amidine groups is 1. The number of halogens is 2. The Bertz CT molecular complexity index is 729. The Morgan fingerprint density at radius 3 is 2.50 bits per heavy atom. The third-order valence-corrected chi connectivity index (χ3v) is 3.85. The number of aromatic nitrogens is 2. The van der Waals surface area contributed by atoms with Gasteiger partial charge in [-0.05, 0) is 37.1 Å². The van der Waals surface area contributed by atoms with Crippen molar-refractivity contribution < 1.29 is 14.0 Å². The lowest BCUT2D eigenvalue weighted by Gasteiger charge is -2.17. The maximum absolute atomic E-state index is 13.9. The van der Waals surface area contributed by atoms with Crippen LogP contribution in [0.3, 0.4) is 0 Å². The van der Waals surface area contributed by atoms with E-state index in [0.29, 0.717) is 12.1 Å². The zero-order chi connectivity index (χ0) is 17.7. The van der Waals surface area contributed by atoms with Gasteiger partial charge in [0.25, 0.3) is 0 Å². The van der Waals surface area contributed by atoms with Gasteiger partial charge >= 0.3 is 0 Å². The summed E-state index contributed by atoms with van der Waals surface area (Å²) in [6.45, 7) is 3.83. The Labute approximate surface area is 139 Å². The minimum absolute atomic E-state index is 0.0714. The van der Waals surface area contributed by atoms with Gasteiger partial charge in [-0.2, -0.15) is 10.2 Å². The van der Waals surface area contributed by atoms with E-state index in [1.165, 1.54) is 18.2 Å². The molecule has 128 valence electrons. The van der Waals surface area contributed by atoms with Crippen molar-refractivity contribution in [2.75, 3.05) is 0 Å². The quantitative estimate of drug-likeness (QED) is 0.365. The molecule has 24 heavy (non-hydrogen) atoms. The first-order valence-electron chi connectivity index (χ1n) is 7.72. The van der Waals surface area contributed by atoms with Crippen molar-refractivity contribution in [3.8, 4) is 11.3 Å². The largest absolute Gasteiger partial charge is 0.409 e. The molecule has 0 amide bonds. The third kappa shape index (κ3) is 3.84. The van der Waals surface area contributed by atoms with Gasteiger partial charge in [0.15, 0.2) is 0 Å². The van der Waals surface area contributed by atoms with Gasteiger partial charge in [-0.15, -0.1) is 0 Å². The summed E-state index contributed by atoms with van der Waals surface area (Å²) in [4.78, 5) is 0. The number of aryl methyl sites for hydroxylation is 1. The molecule has 5 nitrogen and oxygen atoms in total. The molecule has 0 saturated carbocycles. The highest BCUT2D eigenvalue weighted by atomic mass is 19.1. The van der Waals surface area contributed by atoms with E-state index in [9.17, 15) is 8.78 Å². The predicted octanol–water partition coefficient (Wildman–Crippen LogP) is 3.75. The van der Waals surface area contributed by atoms with Crippen LogP contribution < -0.4 is 5.73 Å². The fourth-order valence-corrected chi connectivity index (χ4v) is 2.74. The number of hydrogen-bond acceptors (Lipinski definition) is 4. The topological polar surface area (TPSA) is 84.4 Å². The molecule has 2 aromatic rings. The van der Waals surface area contributed by atoms with Crippen LogP contribution in [-0.4, -0.2) is 21.2 Å². The molecule has 2 rings (SSSR count). The van der Waals surface area contributed by atoms with Gasteiger partial charge < -0.3 is 10.9 Å². The van der Waals surface area contributed by atoms with Crippen LogP contribution in [0.2, 0.25) is 0 Å². The summed E-state index contributed by atoms with van der Waals surface area (Å²) in [7, 11) is 0. The lowest BCUT2D eigenvalue weighted by molar-refractivity contribution is 0.316. The van der Waals surface area contributed by atoms with Crippen molar-refractivity contribution in [2.24, 2.45) is 10.9 Å². The minimum Gasteiger partial charge on any atom is -0.409 e. The molecule has 1 aromatic heterocycles. The van der Waals surface area contributed by atoms with Crippen LogP contribution in [0, 0.1) is 18.6 Å². The van der Waals surface area contributed by atoms with E-state index in [-0.39, 0.29) is 23.0 Å². The Morgan fingerprint density at radius 2 is 1.96 bits per heavy atom. The maximum atomic E-state index is 13.9. The van der Waals surface area contributed by atoms with Crippen LogP contribution >= 0.6 is 0 Å². The van der Waals surface area contributed by atoms with Crippen molar-refractivity contribution in [2.45, 2.75) is 39.0 Å². The monoisotopic (exact) mass is 334 g/mol. The molecule has 0 radical (unpaired) electrons. The van der Waals surface area contributed by atoms with Crippen molar-refractivity contribution in [1.82, 2.24) is 10.2 Å². The highest BCUT2D eigenvalue weighted by Crippen LogP contribution is 2.29. The van der Waals surface area contributed by atoms with Crippen molar-refractivity contribution in [3.63, 3.8) is 0 Å². The summed E-state index contributed by atoms with van der Waals surface area (Å²) in [5, 5.41) is 19.9. The van der Waals surface area contributed by atoms with Gasteiger partial charge in [0.05, 0.1) is 17.0 Å². The predicted molar refractivity (Wildman–Crippen MR) is 87.8 cm³/mol. The van der Waals surface area contributed by atoms with Crippen LogP contribution in [0.25, 0.3) is 11.3 Å². The van der Waals surface area contributed by atoms with E-state index in [4.69, 9.17) is 10.9 Å². The van der Waals surface area contributed by atoms with Crippen molar-refractivity contribution in [1.29, 1.82) is 0 Å². The standard InChI is InChI=1S/C17H20F2N4O/c1-3-5-11(9-15(20)23-24)17-10(2)8-14(21-22-17)16-12(18)6-4-7-13(16)19/h4,6-8,11,24H,3,5,9H2,1-2H3,(H2,20,23). The molecule has 1 atom stereocenters. The minimum atomic E-state index is -0.682. The smallest absolute Gasteiger partial charge is 0.139 e. The zero-order valence-electron chi connectivity index (χ0n) is 13.6. The number of benzene rings is 1. The van der Waals surface area contributed by atoms with Crippen LogP contribution in [0.4, 0.5) is 8.78 Å². The average molecular weight is 334 g/mol. The highest BCUT2D eigenvalue weighted by Gasteiger charge is 2.20. The number of nitrogens with two attached hydrogens (primary N) is 1. The van der Waals surface area contributed by atoms with E-state index in [1.807, 2.05) is 6.92 Å². The third-order valence-electron chi connectivity index (χ3n) is 3.85. The van der Waals surface area contributed by atoms with Crippen molar-refractivity contribution >= 4 is 5.84 Å². The lowest BCUT2D eigenvalue weighted by atomic mass is 9.92. The summed E-state index contributed by atoms with van der Waals surface area (Å²) in [5.74, 6) is -1.33. The Kier molecular flexibility index (Phi) is 5.78. The molecule has 0 bridgehead atoms. The van der Waals surface area contributed by atoms with E-state index in [2.05, 4.69) is 15.4 Å². The van der Waals surface area contributed by atoms with Gasteiger partial charge in [-0.3, -0.25) is 0 Å². The Morgan fingerprint density at radius 1 is 1.29 bits per heavy atom. The molecule has 1 aromatic carbocycles. The Hall–Kier alpha value is -2.57. The zero-order valence-corrected chi connectivity index (χ0v) is 13.6. The summed E-state index contributed by atoms with van der Waals surface area (Å²) in [6.07, 6.45) is 2.00. The first-order chi connectivity index (χ1) is 11.5. The molecular formula is C17H20F2N4O. The van der Waals surface area contributed by atoms with Gasteiger partial charge in [0, 0.05) is 12.3 Å². The first-order valence-corrected chi connectivity index (χ1v) is 7.72. The maximum Gasteiger partial charge on any atom is 0.139 e. The summed E-state index contributed by atoms with van der Waals surface area (Å²) < 4.78 is 27.8. The molecule has 0 fully saturated rings. The SMILES string of the molecule is CCCC(C/C(N)=N/O)c1nnc(-c2c(F)cccc2F)cc1C. The number of rotatable bonds is 6. The van der Waals surface area contributed by atoms with E-state index >= 15 is 0 Å². The van der Waals surface area contributed by atoms with Gasteiger partial charge in [0.2, 0.25) is 0 Å². The van der Waals surface area contributed by atoms with E-state index in [1.54, 1.807) is 13.0 Å².